The van der Waals surface area contributed by atoms with Gasteiger partial charge in [-0.25, -0.2) is 4.90 Å². The number of H-pyrrole nitrogens is 1. The van der Waals surface area contributed by atoms with E-state index in [4.69, 9.17) is 9.47 Å². The van der Waals surface area contributed by atoms with Crippen molar-refractivity contribution in [1.82, 2.24) is 4.98 Å². The van der Waals surface area contributed by atoms with Gasteiger partial charge in [0, 0.05) is 21.7 Å². The molecule has 2 aliphatic heterocycles. The van der Waals surface area contributed by atoms with Gasteiger partial charge in [0.1, 0.15) is 11.5 Å². The fraction of sp³-hybridized carbons (Fsp3) is 0.314. The first-order valence-electron chi connectivity index (χ1n) is 15.6. The van der Waals surface area contributed by atoms with E-state index < -0.39 is 41.1 Å². The molecule has 1 saturated heterocycles. The lowest BCUT2D eigenvalue weighted by molar-refractivity contribution is -0.137. The minimum absolute atomic E-state index is 0.150. The van der Waals surface area contributed by atoms with Crippen LogP contribution in [0.15, 0.2) is 82.6 Å². The highest BCUT2D eigenvalue weighted by atomic mass is 32.2. The number of hydrogen-bond donors (Lipinski definition) is 2. The number of fused-ring (bicyclic) bond motifs is 9. The number of amides is 3. The van der Waals surface area contributed by atoms with E-state index in [1.165, 1.54) is 30.0 Å². The first kappa shape index (κ1) is 31.7. The average Bonchev–Trinajstić information content (AvgIpc) is 3.82. The number of nitrogens with one attached hydrogen (secondary N) is 2. The highest BCUT2D eigenvalue weighted by Gasteiger charge is 2.70. The number of methoxy groups -OCH3 is 1. The number of thiazole rings is 1. The van der Waals surface area contributed by atoms with Crippen LogP contribution in [0.2, 0.25) is 0 Å². The van der Waals surface area contributed by atoms with E-state index >= 15 is 0 Å². The second kappa shape index (κ2) is 11.8. The maximum atomic E-state index is 14.0. The van der Waals surface area contributed by atoms with Gasteiger partial charge in [-0.15, -0.1) is 11.8 Å². The number of para-hydroxylation sites is 1. The van der Waals surface area contributed by atoms with Gasteiger partial charge in [-0.2, -0.15) is 13.2 Å². The van der Waals surface area contributed by atoms with Crippen LogP contribution in [0, 0.1) is 29.6 Å². The Morgan fingerprint density at radius 3 is 2.43 bits per heavy atom. The Morgan fingerprint density at radius 1 is 0.959 bits per heavy atom. The molecule has 4 aromatic rings. The van der Waals surface area contributed by atoms with E-state index in [1.54, 1.807) is 43.5 Å². The van der Waals surface area contributed by atoms with E-state index in [0.29, 0.717) is 28.6 Å². The Balaban J connectivity index is 1.08. The maximum Gasteiger partial charge on any atom is 0.418 e. The van der Waals surface area contributed by atoms with Crippen LogP contribution in [0.5, 0.6) is 11.5 Å². The predicted octanol–water partition coefficient (Wildman–Crippen LogP) is 6.16. The van der Waals surface area contributed by atoms with Gasteiger partial charge in [-0.05, 0) is 78.3 Å². The number of nitrogens with zero attached hydrogens (tertiary/aromatic N) is 1. The Labute approximate surface area is 285 Å². The lowest BCUT2D eigenvalue weighted by Gasteiger charge is -2.43. The minimum Gasteiger partial charge on any atom is -0.497 e. The SMILES string of the molecule is COc1ccc(NC(=O)COc2cccc([C@@H]3c4sc(=O)[nH]c4S[C@@H]4[C@@H]5C[C@@H]([C@@H]6C(=O)N(c7ccccc7C(F)(F)F)C(=O)[C@@H]56)[C@H]34)c2)cc1. The molecule has 252 valence electrons. The van der Waals surface area contributed by atoms with Crippen molar-refractivity contribution in [3.63, 3.8) is 0 Å². The van der Waals surface area contributed by atoms with Crippen LogP contribution < -0.4 is 24.6 Å². The molecule has 49 heavy (non-hydrogen) atoms. The highest BCUT2D eigenvalue weighted by Crippen LogP contribution is 2.69. The maximum absolute atomic E-state index is 14.0. The predicted molar refractivity (Wildman–Crippen MR) is 176 cm³/mol. The van der Waals surface area contributed by atoms with Crippen molar-refractivity contribution in [3.05, 3.63) is 98.5 Å². The molecule has 1 aromatic heterocycles. The van der Waals surface area contributed by atoms with Crippen LogP contribution in [-0.2, 0) is 20.6 Å². The van der Waals surface area contributed by atoms with Gasteiger partial charge in [0.05, 0.1) is 35.2 Å². The summed E-state index contributed by atoms with van der Waals surface area (Å²) in [7, 11) is 1.55. The first-order valence-corrected chi connectivity index (χ1v) is 17.3. The zero-order valence-corrected chi connectivity index (χ0v) is 27.4. The third-order valence-corrected chi connectivity index (χ3v) is 12.7. The van der Waals surface area contributed by atoms with Crippen molar-refractivity contribution < 1.29 is 37.0 Å². The standard InChI is InChI=1S/C35H28F3N3O6S2/c1-46-18-11-9-17(10-12-18)39-24(42)15-47-19-6-4-5-16(13-19)25-26-20-14-21(29(26)48-31-30(25)49-34(45)40-31)28-27(20)32(43)41(33(28)44)23-8-3-2-7-22(23)35(36,37)38/h2-13,20-21,25-29H,14-15H2,1H3,(H,39,42)(H,40,45)/t20-,21-,25+,26-,27+,28+,29-/m1/s1. The lowest BCUT2D eigenvalue weighted by Crippen LogP contribution is -2.42. The molecule has 3 fully saturated rings. The molecule has 2 N–H and O–H groups in total. The summed E-state index contributed by atoms with van der Waals surface area (Å²) in [6.07, 6.45) is -4.16. The number of halogens is 3. The molecule has 2 bridgehead atoms. The quantitative estimate of drug-likeness (QED) is 0.221. The van der Waals surface area contributed by atoms with Crippen molar-refractivity contribution in [2.75, 3.05) is 23.9 Å². The molecule has 9 nitrogen and oxygen atoms in total. The van der Waals surface area contributed by atoms with Crippen LogP contribution in [0.3, 0.4) is 0 Å². The number of aromatic amines is 1. The van der Waals surface area contributed by atoms with Crippen molar-refractivity contribution in [2.45, 2.75) is 28.8 Å². The molecule has 0 radical (unpaired) electrons. The van der Waals surface area contributed by atoms with Gasteiger partial charge in [0.15, 0.2) is 6.61 Å². The van der Waals surface area contributed by atoms with E-state index in [1.807, 2.05) is 12.1 Å². The third-order valence-electron chi connectivity index (χ3n) is 10.1. The van der Waals surface area contributed by atoms with Crippen LogP contribution in [-0.4, -0.2) is 41.7 Å². The molecule has 2 saturated carbocycles. The summed E-state index contributed by atoms with van der Waals surface area (Å²) >= 11 is 2.58. The summed E-state index contributed by atoms with van der Waals surface area (Å²) in [5.41, 5.74) is -0.0583. The summed E-state index contributed by atoms with van der Waals surface area (Å²) in [4.78, 5) is 57.5. The third kappa shape index (κ3) is 5.23. The topological polar surface area (TPSA) is 118 Å². The van der Waals surface area contributed by atoms with Crippen molar-refractivity contribution in [1.29, 1.82) is 0 Å². The van der Waals surface area contributed by atoms with Crippen LogP contribution in [0.25, 0.3) is 0 Å². The minimum atomic E-state index is -4.74. The van der Waals surface area contributed by atoms with E-state index in [-0.39, 0.29) is 46.3 Å². The number of aromatic nitrogens is 1. The Kier molecular flexibility index (Phi) is 7.63. The number of imide groups is 1. The average molecular weight is 708 g/mol. The smallest absolute Gasteiger partial charge is 0.418 e. The number of hydrogen-bond acceptors (Lipinski definition) is 8. The number of benzene rings is 3. The summed E-state index contributed by atoms with van der Waals surface area (Å²) in [5, 5.41) is 3.33. The number of anilines is 2. The Bertz CT molecular complexity index is 2050. The fourth-order valence-electron chi connectivity index (χ4n) is 8.35. The lowest BCUT2D eigenvalue weighted by atomic mass is 9.68. The number of rotatable bonds is 7. The molecule has 8 rings (SSSR count). The number of alkyl halides is 3. The zero-order chi connectivity index (χ0) is 34.2. The molecular formula is C35H28F3N3O6S2. The Morgan fingerprint density at radius 2 is 1.69 bits per heavy atom. The molecule has 2 aliphatic carbocycles. The van der Waals surface area contributed by atoms with Crippen molar-refractivity contribution in [2.24, 2.45) is 29.6 Å². The highest BCUT2D eigenvalue weighted by molar-refractivity contribution is 8.00. The molecule has 3 amide bonds. The number of thioether (sulfide) groups is 1. The molecule has 0 unspecified atom stereocenters. The number of carbonyl (C=O) groups is 3. The summed E-state index contributed by atoms with van der Waals surface area (Å²) in [5.74, 6) is -3.02. The van der Waals surface area contributed by atoms with Crippen LogP contribution >= 0.6 is 23.1 Å². The van der Waals surface area contributed by atoms with E-state index in [9.17, 15) is 32.3 Å². The van der Waals surface area contributed by atoms with Crippen molar-refractivity contribution >= 4 is 52.2 Å². The largest absolute Gasteiger partial charge is 0.497 e. The zero-order valence-electron chi connectivity index (χ0n) is 25.7. The van der Waals surface area contributed by atoms with Crippen LogP contribution in [0.4, 0.5) is 24.5 Å². The molecule has 7 atom stereocenters. The summed E-state index contributed by atoms with van der Waals surface area (Å²) < 4.78 is 53.0. The van der Waals surface area contributed by atoms with Gasteiger partial charge in [0.2, 0.25) is 11.8 Å². The first-order chi connectivity index (χ1) is 23.5. The normalized spacial score (nSPS) is 26.7. The number of ether oxygens (including phenoxy) is 2. The molecule has 3 aromatic carbocycles. The molecule has 0 spiro atoms. The molecule has 3 heterocycles. The molecule has 4 aliphatic rings. The summed E-state index contributed by atoms with van der Waals surface area (Å²) in [6, 6.07) is 18.8. The summed E-state index contributed by atoms with van der Waals surface area (Å²) in [6.45, 7) is -0.259. The second-order valence-electron chi connectivity index (χ2n) is 12.6. The van der Waals surface area contributed by atoms with Crippen LogP contribution in [0.1, 0.15) is 28.3 Å². The van der Waals surface area contributed by atoms with Crippen molar-refractivity contribution in [3.8, 4) is 11.5 Å². The number of carbonyl (C=O) groups excluding carboxylic acids is 3. The Hall–Kier alpha value is -4.56. The second-order valence-corrected chi connectivity index (χ2v) is 14.8. The van der Waals surface area contributed by atoms with E-state index in [2.05, 4.69) is 10.3 Å². The van der Waals surface area contributed by atoms with Gasteiger partial charge >= 0.3 is 11.0 Å². The fourth-order valence-corrected chi connectivity index (χ4v) is 11.2. The van der Waals surface area contributed by atoms with E-state index in [0.717, 1.165) is 32.7 Å². The van der Waals surface area contributed by atoms with Gasteiger partial charge in [0.25, 0.3) is 5.91 Å². The van der Waals surface area contributed by atoms with Gasteiger partial charge in [-0.3, -0.25) is 19.2 Å². The van der Waals surface area contributed by atoms with Gasteiger partial charge < -0.3 is 19.8 Å². The monoisotopic (exact) mass is 707 g/mol. The van der Waals surface area contributed by atoms with Gasteiger partial charge in [-0.1, -0.05) is 35.6 Å². The molecule has 14 heteroatoms. The molecular weight excluding hydrogens is 680 g/mol.